The molecule has 4 N–H and O–H groups in total. The molecular formula is C13H23N3O3. The van der Waals surface area contributed by atoms with E-state index in [0.717, 1.165) is 12.8 Å². The molecule has 2 fully saturated rings. The van der Waals surface area contributed by atoms with Crippen LogP contribution in [0.3, 0.4) is 0 Å². The fourth-order valence-corrected chi connectivity index (χ4v) is 3.27. The minimum Gasteiger partial charge on any atom is -0.409 e. The smallest absolute Gasteiger partial charge is 0.236 e. The number of aliphatic hydroxyl groups is 1. The lowest BCUT2D eigenvalue weighted by molar-refractivity contribution is -0.141. The normalized spacial score (nSPS) is 31.5. The monoisotopic (exact) mass is 269 g/mol. The minimum atomic E-state index is -0.823. The van der Waals surface area contributed by atoms with Gasteiger partial charge in [-0.05, 0) is 25.2 Å². The molecule has 1 amide bonds. The minimum absolute atomic E-state index is 0.0359. The summed E-state index contributed by atoms with van der Waals surface area (Å²) in [5.74, 6) is 0.0660. The van der Waals surface area contributed by atoms with Crippen LogP contribution >= 0.6 is 0 Å². The van der Waals surface area contributed by atoms with Crippen LogP contribution in [0, 0.1) is 11.3 Å². The molecule has 2 rings (SSSR count). The van der Waals surface area contributed by atoms with Crippen LogP contribution in [-0.4, -0.2) is 46.1 Å². The zero-order valence-electron chi connectivity index (χ0n) is 11.4. The summed E-state index contributed by atoms with van der Waals surface area (Å²) in [5.41, 5.74) is 4.96. The van der Waals surface area contributed by atoms with E-state index in [1.807, 2.05) is 6.92 Å². The van der Waals surface area contributed by atoms with E-state index in [-0.39, 0.29) is 23.8 Å². The molecule has 2 unspecified atom stereocenters. The molecule has 0 radical (unpaired) electrons. The van der Waals surface area contributed by atoms with Crippen LogP contribution in [0.25, 0.3) is 0 Å². The van der Waals surface area contributed by atoms with E-state index in [1.165, 1.54) is 0 Å². The number of carbonyl (C=O) groups excluding carboxylic acids is 1. The molecule has 6 heteroatoms. The largest absolute Gasteiger partial charge is 0.409 e. The molecule has 1 aliphatic heterocycles. The van der Waals surface area contributed by atoms with E-state index < -0.39 is 5.41 Å². The molecule has 1 aliphatic carbocycles. The van der Waals surface area contributed by atoms with Crippen molar-refractivity contribution in [2.75, 3.05) is 13.1 Å². The van der Waals surface area contributed by atoms with Crippen molar-refractivity contribution in [3.63, 3.8) is 0 Å². The SMILES string of the molecule is CC1CN(C(=O)C2(C(N)=NO)CCCC2)CCC1O. The van der Waals surface area contributed by atoms with E-state index in [0.29, 0.717) is 32.4 Å². The predicted octanol–water partition coefficient (Wildman–Crippen LogP) is 0.522. The van der Waals surface area contributed by atoms with Crippen LogP contribution in [-0.2, 0) is 4.79 Å². The van der Waals surface area contributed by atoms with Crippen molar-refractivity contribution in [2.24, 2.45) is 22.2 Å². The maximum Gasteiger partial charge on any atom is 0.236 e. The van der Waals surface area contributed by atoms with Crippen molar-refractivity contribution in [2.45, 2.75) is 45.1 Å². The topological polar surface area (TPSA) is 99.2 Å². The first-order valence-corrected chi connectivity index (χ1v) is 6.96. The average Bonchev–Trinajstić information content (AvgIpc) is 2.90. The lowest BCUT2D eigenvalue weighted by atomic mass is 9.82. The van der Waals surface area contributed by atoms with Crippen molar-refractivity contribution in [3.05, 3.63) is 0 Å². The van der Waals surface area contributed by atoms with Gasteiger partial charge in [0.2, 0.25) is 5.91 Å². The van der Waals surface area contributed by atoms with Crippen molar-refractivity contribution in [1.29, 1.82) is 0 Å². The molecule has 1 saturated carbocycles. The highest BCUT2D eigenvalue weighted by Crippen LogP contribution is 2.40. The van der Waals surface area contributed by atoms with Gasteiger partial charge in [-0.15, -0.1) is 0 Å². The molecule has 0 aromatic rings. The number of hydrogen-bond donors (Lipinski definition) is 3. The summed E-state index contributed by atoms with van der Waals surface area (Å²) in [6.07, 6.45) is 3.40. The lowest BCUT2D eigenvalue weighted by Crippen LogP contribution is -2.54. The number of carbonyl (C=O) groups is 1. The summed E-state index contributed by atoms with van der Waals surface area (Å²) >= 11 is 0. The van der Waals surface area contributed by atoms with Gasteiger partial charge < -0.3 is 20.9 Å². The third kappa shape index (κ3) is 2.41. The van der Waals surface area contributed by atoms with E-state index >= 15 is 0 Å². The molecular weight excluding hydrogens is 246 g/mol. The number of likely N-dealkylation sites (tertiary alicyclic amines) is 1. The molecule has 0 aromatic heterocycles. The van der Waals surface area contributed by atoms with Gasteiger partial charge in [0, 0.05) is 13.1 Å². The molecule has 0 spiro atoms. The average molecular weight is 269 g/mol. The highest BCUT2D eigenvalue weighted by molar-refractivity contribution is 6.07. The van der Waals surface area contributed by atoms with Gasteiger partial charge in [-0.1, -0.05) is 24.9 Å². The predicted molar refractivity (Wildman–Crippen MR) is 70.7 cm³/mol. The number of piperidine rings is 1. The summed E-state index contributed by atoms with van der Waals surface area (Å²) in [6.45, 7) is 3.03. The van der Waals surface area contributed by atoms with E-state index in [2.05, 4.69) is 5.16 Å². The van der Waals surface area contributed by atoms with Crippen LogP contribution in [0.5, 0.6) is 0 Å². The first-order valence-electron chi connectivity index (χ1n) is 6.96. The van der Waals surface area contributed by atoms with E-state index in [4.69, 9.17) is 10.9 Å². The van der Waals surface area contributed by atoms with Crippen LogP contribution < -0.4 is 5.73 Å². The van der Waals surface area contributed by atoms with Gasteiger partial charge >= 0.3 is 0 Å². The second-order valence-corrected chi connectivity index (χ2v) is 5.86. The molecule has 2 aliphatic rings. The maximum absolute atomic E-state index is 12.7. The number of aliphatic hydroxyl groups excluding tert-OH is 1. The first-order chi connectivity index (χ1) is 9.01. The summed E-state index contributed by atoms with van der Waals surface area (Å²) < 4.78 is 0. The second-order valence-electron chi connectivity index (χ2n) is 5.86. The lowest BCUT2D eigenvalue weighted by Gasteiger charge is -2.39. The number of rotatable bonds is 2. The third-order valence-electron chi connectivity index (χ3n) is 4.61. The van der Waals surface area contributed by atoms with Gasteiger partial charge in [0.1, 0.15) is 5.41 Å². The maximum atomic E-state index is 12.7. The zero-order valence-corrected chi connectivity index (χ0v) is 11.4. The van der Waals surface area contributed by atoms with Crippen molar-refractivity contribution >= 4 is 11.7 Å². The number of nitrogens with zero attached hydrogens (tertiary/aromatic N) is 2. The Hall–Kier alpha value is -1.30. The number of oxime groups is 1. The molecule has 19 heavy (non-hydrogen) atoms. The van der Waals surface area contributed by atoms with Crippen LogP contribution in [0.15, 0.2) is 5.16 Å². The van der Waals surface area contributed by atoms with Crippen molar-refractivity contribution < 1.29 is 15.1 Å². The third-order valence-corrected chi connectivity index (χ3v) is 4.61. The Labute approximate surface area is 113 Å². The molecule has 0 bridgehead atoms. The quantitative estimate of drug-likeness (QED) is 0.294. The number of hydrogen-bond acceptors (Lipinski definition) is 4. The summed E-state index contributed by atoms with van der Waals surface area (Å²) in [7, 11) is 0. The molecule has 0 aromatic carbocycles. The Bertz CT molecular complexity index is 377. The van der Waals surface area contributed by atoms with Crippen LogP contribution in [0.1, 0.15) is 39.0 Å². The molecule has 1 heterocycles. The standard InChI is InChI=1S/C13H23N3O3/c1-9-8-16(7-4-10(9)17)12(18)13(11(14)15-19)5-2-3-6-13/h9-10,17,19H,2-8H2,1H3,(H2,14,15). The highest BCUT2D eigenvalue weighted by Gasteiger charge is 2.48. The fraction of sp³-hybridized carbons (Fsp3) is 0.846. The van der Waals surface area contributed by atoms with Gasteiger partial charge in [-0.2, -0.15) is 0 Å². The molecule has 1 saturated heterocycles. The van der Waals surface area contributed by atoms with Gasteiger partial charge in [0.05, 0.1) is 6.10 Å². The highest BCUT2D eigenvalue weighted by atomic mass is 16.4. The first kappa shape index (κ1) is 14.1. The van der Waals surface area contributed by atoms with E-state index in [9.17, 15) is 9.90 Å². The molecule has 6 nitrogen and oxygen atoms in total. The zero-order chi connectivity index (χ0) is 14.0. The summed E-state index contributed by atoms with van der Waals surface area (Å²) in [6, 6.07) is 0. The Kier molecular flexibility index (Phi) is 3.99. The van der Waals surface area contributed by atoms with Crippen LogP contribution in [0.4, 0.5) is 0 Å². The van der Waals surface area contributed by atoms with Gasteiger partial charge in [-0.3, -0.25) is 4.79 Å². The van der Waals surface area contributed by atoms with E-state index in [1.54, 1.807) is 4.90 Å². The van der Waals surface area contributed by atoms with Crippen molar-refractivity contribution in [3.8, 4) is 0 Å². The van der Waals surface area contributed by atoms with Gasteiger partial charge in [0.15, 0.2) is 5.84 Å². The second kappa shape index (κ2) is 5.36. The molecule has 108 valence electrons. The Morgan fingerprint density at radius 3 is 2.58 bits per heavy atom. The Balaban J connectivity index is 2.17. The number of nitrogens with two attached hydrogens (primary N) is 1. The number of amides is 1. The fourth-order valence-electron chi connectivity index (χ4n) is 3.27. The Morgan fingerprint density at radius 2 is 2.05 bits per heavy atom. The van der Waals surface area contributed by atoms with Crippen molar-refractivity contribution in [1.82, 2.24) is 4.90 Å². The van der Waals surface area contributed by atoms with Gasteiger partial charge in [0.25, 0.3) is 0 Å². The van der Waals surface area contributed by atoms with Crippen LogP contribution in [0.2, 0.25) is 0 Å². The summed E-state index contributed by atoms with van der Waals surface area (Å²) in [4.78, 5) is 14.5. The number of amidine groups is 1. The molecule has 2 atom stereocenters. The summed E-state index contributed by atoms with van der Waals surface area (Å²) in [5, 5.41) is 21.8. The Morgan fingerprint density at radius 1 is 1.42 bits per heavy atom. The van der Waals surface area contributed by atoms with Gasteiger partial charge in [-0.25, -0.2) is 0 Å².